The van der Waals surface area contributed by atoms with Crippen LogP contribution in [0.1, 0.15) is 44.2 Å². The smallest absolute Gasteiger partial charge is 0.272 e. The maximum absolute atomic E-state index is 12.2. The molecule has 1 aromatic carbocycles. The Bertz CT molecular complexity index is 1130. The highest BCUT2D eigenvalue weighted by Crippen LogP contribution is 2.28. The summed E-state index contributed by atoms with van der Waals surface area (Å²) in [5.41, 5.74) is 6.70. The molecule has 0 saturated heterocycles. The average molecular weight is 395 g/mol. The highest BCUT2D eigenvalue weighted by Gasteiger charge is 2.20. The van der Waals surface area contributed by atoms with Gasteiger partial charge in [-0.3, -0.25) is 9.36 Å². The van der Waals surface area contributed by atoms with Crippen LogP contribution < -0.4 is 5.43 Å². The molecule has 1 amide bonds. The molecule has 2 aromatic heterocycles. The van der Waals surface area contributed by atoms with E-state index in [4.69, 9.17) is 16.0 Å². The van der Waals surface area contributed by atoms with Crippen molar-refractivity contribution in [2.45, 2.75) is 27.7 Å². The summed E-state index contributed by atoms with van der Waals surface area (Å²) in [6.07, 6.45) is 1.56. The topological polar surface area (TPSA) is 83.3 Å². The van der Waals surface area contributed by atoms with E-state index in [1.807, 2.05) is 38.3 Å². The lowest BCUT2D eigenvalue weighted by Crippen LogP contribution is -2.18. The second kappa shape index (κ2) is 7.75. The van der Waals surface area contributed by atoms with E-state index in [0.717, 1.165) is 22.5 Å². The van der Waals surface area contributed by atoms with Crippen LogP contribution in [0.25, 0.3) is 5.88 Å². The van der Waals surface area contributed by atoms with E-state index in [0.29, 0.717) is 27.8 Å². The second-order valence-electron chi connectivity index (χ2n) is 6.42. The van der Waals surface area contributed by atoms with Crippen LogP contribution in [-0.2, 0) is 0 Å². The van der Waals surface area contributed by atoms with Crippen molar-refractivity contribution in [3.05, 3.63) is 74.8 Å². The molecule has 3 aromatic rings. The van der Waals surface area contributed by atoms with Crippen LogP contribution in [0.5, 0.6) is 0 Å². The number of amides is 1. The molecule has 0 atom stereocenters. The summed E-state index contributed by atoms with van der Waals surface area (Å²) in [5, 5.41) is 13.9. The number of hydrogen-bond acceptors (Lipinski definition) is 4. The predicted molar refractivity (Wildman–Crippen MR) is 108 cm³/mol. The molecule has 0 aliphatic carbocycles. The quantitative estimate of drug-likeness (QED) is 0.518. The van der Waals surface area contributed by atoms with Crippen molar-refractivity contribution in [2.24, 2.45) is 5.10 Å². The molecule has 2 heterocycles. The Morgan fingerprint density at radius 1 is 1.29 bits per heavy atom. The molecule has 0 unspecified atom stereocenters. The van der Waals surface area contributed by atoms with Gasteiger partial charge in [0.25, 0.3) is 5.91 Å². The minimum Gasteiger partial charge on any atom is -0.443 e. The summed E-state index contributed by atoms with van der Waals surface area (Å²) in [7, 11) is 0. The molecule has 0 fully saturated rings. The van der Waals surface area contributed by atoms with Gasteiger partial charge in [0.1, 0.15) is 17.4 Å². The van der Waals surface area contributed by atoms with Crippen LogP contribution in [0.2, 0.25) is 5.02 Å². The maximum atomic E-state index is 12.2. The number of hydrogen-bond donors (Lipinski definition) is 1. The monoisotopic (exact) mass is 394 g/mol. The molecule has 3 rings (SSSR count). The zero-order valence-corrected chi connectivity index (χ0v) is 16.8. The molecule has 28 heavy (non-hydrogen) atoms. The average Bonchev–Trinajstić information content (AvgIpc) is 3.10. The van der Waals surface area contributed by atoms with Crippen molar-refractivity contribution < 1.29 is 9.21 Å². The molecule has 6 nitrogen and oxygen atoms in total. The van der Waals surface area contributed by atoms with E-state index in [-0.39, 0.29) is 5.91 Å². The van der Waals surface area contributed by atoms with Gasteiger partial charge in [-0.15, -0.1) is 0 Å². The van der Waals surface area contributed by atoms with E-state index < -0.39 is 0 Å². The Balaban J connectivity index is 1.88. The van der Waals surface area contributed by atoms with Crippen molar-refractivity contribution in [3.8, 4) is 12.0 Å². The van der Waals surface area contributed by atoms with E-state index in [2.05, 4.69) is 16.6 Å². The first-order valence-corrected chi connectivity index (χ1v) is 9.00. The zero-order chi connectivity index (χ0) is 20.4. The summed E-state index contributed by atoms with van der Waals surface area (Å²) < 4.78 is 7.69. The second-order valence-corrected chi connectivity index (χ2v) is 6.82. The van der Waals surface area contributed by atoms with E-state index in [1.165, 1.54) is 0 Å². The number of nitrogens with one attached hydrogen (secondary N) is 1. The number of nitrogens with zero attached hydrogens (tertiary/aromatic N) is 3. The number of furan rings is 1. The number of nitriles is 1. The molecule has 0 spiro atoms. The fraction of sp³-hybridized carbons (Fsp3) is 0.190. The fourth-order valence-corrected chi connectivity index (χ4v) is 3.22. The van der Waals surface area contributed by atoms with Crippen LogP contribution in [0, 0.1) is 39.0 Å². The van der Waals surface area contributed by atoms with Gasteiger partial charge >= 0.3 is 0 Å². The Labute approximate surface area is 168 Å². The third-order valence-corrected chi connectivity index (χ3v) is 4.97. The van der Waals surface area contributed by atoms with E-state index in [1.54, 1.807) is 30.5 Å². The Kier molecular flexibility index (Phi) is 5.39. The van der Waals surface area contributed by atoms with Gasteiger partial charge in [0.05, 0.1) is 16.8 Å². The summed E-state index contributed by atoms with van der Waals surface area (Å²) in [6, 6.07) is 10.9. The number of hydrazone groups is 1. The number of benzene rings is 1. The van der Waals surface area contributed by atoms with Crippen LogP contribution in [0.15, 0.2) is 39.9 Å². The zero-order valence-electron chi connectivity index (χ0n) is 16.0. The minimum atomic E-state index is -0.389. The van der Waals surface area contributed by atoms with Crippen LogP contribution in [-0.4, -0.2) is 16.7 Å². The SMILES string of the molecule is Cc1oc(-n2c(C)cc(/C=N\NC(=O)c3ccccc3Cl)c2C)c(C#N)c1C. The number of carbonyl (C=O) groups is 1. The summed E-state index contributed by atoms with van der Waals surface area (Å²) >= 11 is 6.02. The number of carbonyl (C=O) groups excluding carboxylic acids is 1. The maximum Gasteiger partial charge on any atom is 0.272 e. The highest BCUT2D eigenvalue weighted by atomic mass is 35.5. The largest absolute Gasteiger partial charge is 0.443 e. The van der Waals surface area contributed by atoms with Gasteiger partial charge in [-0.1, -0.05) is 23.7 Å². The summed E-state index contributed by atoms with van der Waals surface area (Å²) in [6.45, 7) is 7.52. The molecule has 0 aliphatic heterocycles. The van der Waals surface area contributed by atoms with Gasteiger partial charge in [0.2, 0.25) is 5.88 Å². The van der Waals surface area contributed by atoms with Crippen molar-refractivity contribution in [2.75, 3.05) is 0 Å². The first-order valence-electron chi connectivity index (χ1n) is 8.62. The molecule has 7 heteroatoms. The minimum absolute atomic E-state index is 0.354. The van der Waals surface area contributed by atoms with Crippen LogP contribution in [0.4, 0.5) is 0 Å². The van der Waals surface area contributed by atoms with Crippen LogP contribution in [0.3, 0.4) is 0 Å². The van der Waals surface area contributed by atoms with Crippen molar-refractivity contribution in [1.29, 1.82) is 5.26 Å². The first-order chi connectivity index (χ1) is 13.3. The van der Waals surface area contributed by atoms with Crippen molar-refractivity contribution in [3.63, 3.8) is 0 Å². The van der Waals surface area contributed by atoms with Gasteiger partial charge in [-0.2, -0.15) is 10.4 Å². The van der Waals surface area contributed by atoms with Gasteiger partial charge in [-0.25, -0.2) is 5.43 Å². The predicted octanol–water partition coefficient (Wildman–Crippen LogP) is 4.59. The van der Waals surface area contributed by atoms with Gasteiger partial charge in [0, 0.05) is 22.5 Å². The van der Waals surface area contributed by atoms with Crippen molar-refractivity contribution in [1.82, 2.24) is 9.99 Å². The molecule has 0 aliphatic rings. The molecule has 0 radical (unpaired) electrons. The van der Waals surface area contributed by atoms with E-state index in [9.17, 15) is 10.1 Å². The number of aryl methyl sites for hydroxylation is 2. The van der Waals surface area contributed by atoms with Gasteiger partial charge in [-0.05, 0) is 45.9 Å². The summed E-state index contributed by atoms with van der Waals surface area (Å²) in [5.74, 6) is 0.813. The molecular formula is C21H19ClN4O2. The van der Waals surface area contributed by atoms with Crippen molar-refractivity contribution >= 4 is 23.7 Å². The first kappa shape index (κ1) is 19.5. The summed E-state index contributed by atoms with van der Waals surface area (Å²) in [4.78, 5) is 12.2. The Morgan fingerprint density at radius 2 is 2.00 bits per heavy atom. The lowest BCUT2D eigenvalue weighted by atomic mass is 10.2. The normalized spacial score (nSPS) is 11.0. The molecular weight excluding hydrogens is 376 g/mol. The fourth-order valence-electron chi connectivity index (χ4n) is 3.00. The third-order valence-electron chi connectivity index (χ3n) is 4.64. The van der Waals surface area contributed by atoms with Gasteiger partial charge < -0.3 is 4.42 Å². The molecule has 0 saturated carbocycles. The Hall–Kier alpha value is -3.30. The number of rotatable bonds is 4. The molecule has 0 bridgehead atoms. The number of halogens is 1. The highest BCUT2D eigenvalue weighted by molar-refractivity contribution is 6.33. The standard InChI is InChI=1S/C21H19ClN4O2/c1-12-9-16(11-24-25-20(27)17-7-5-6-8-19(17)22)14(3)26(12)21-18(10-23)13(2)15(4)28-21/h5-9,11H,1-4H3,(H,25,27)/b24-11-. The lowest BCUT2D eigenvalue weighted by molar-refractivity contribution is 0.0955. The third kappa shape index (κ3) is 3.45. The van der Waals surface area contributed by atoms with E-state index >= 15 is 0 Å². The molecule has 1 N–H and O–H groups in total. The Morgan fingerprint density at radius 3 is 2.68 bits per heavy atom. The van der Waals surface area contributed by atoms with Crippen LogP contribution >= 0.6 is 11.6 Å². The molecule has 142 valence electrons. The number of aromatic nitrogens is 1. The van der Waals surface area contributed by atoms with Gasteiger partial charge in [0.15, 0.2) is 0 Å². The lowest BCUT2D eigenvalue weighted by Gasteiger charge is -2.06.